The Kier molecular flexibility index (Phi) is 6.82. The van der Waals surface area contributed by atoms with Gasteiger partial charge in [-0.1, -0.05) is 97.1 Å². The normalized spacial score (nSPS) is 11.7. The topological polar surface area (TPSA) is 32.8 Å². The van der Waals surface area contributed by atoms with Crippen molar-refractivity contribution < 1.29 is 8.83 Å². The Labute approximate surface area is 311 Å². The third kappa shape index (κ3) is 4.92. The smallest absolute Gasteiger partial charge is 0.136 e. The monoisotopic (exact) mass is 692 g/mol. The van der Waals surface area contributed by atoms with E-state index in [0.717, 1.165) is 78.0 Å². The summed E-state index contributed by atoms with van der Waals surface area (Å²) in [6.45, 7) is 0. The lowest BCUT2D eigenvalue weighted by Crippen LogP contribution is -2.13. The molecule has 0 radical (unpaired) electrons. The summed E-state index contributed by atoms with van der Waals surface area (Å²) < 4.78 is 12.6. The van der Waals surface area contributed by atoms with Gasteiger partial charge in [0.15, 0.2) is 0 Å². The second-order valence-corrected chi connectivity index (χ2v) is 13.8. The van der Waals surface area contributed by atoms with Crippen LogP contribution in [-0.2, 0) is 0 Å². The first-order valence-corrected chi connectivity index (χ1v) is 18.2. The number of rotatable bonds is 6. The highest BCUT2D eigenvalue weighted by Crippen LogP contribution is 2.43. The zero-order valence-electron chi connectivity index (χ0n) is 29.2. The van der Waals surface area contributed by atoms with E-state index in [1.165, 1.54) is 21.5 Å². The fraction of sp³-hybridized carbons (Fsp3) is 0. The summed E-state index contributed by atoms with van der Waals surface area (Å²) in [6.07, 6.45) is 0. The quantitative estimate of drug-likeness (QED) is 0.162. The largest absolute Gasteiger partial charge is 0.456 e. The lowest BCUT2D eigenvalue weighted by molar-refractivity contribution is 0.669. The average molecular weight is 693 g/mol. The first-order valence-electron chi connectivity index (χ1n) is 18.2. The van der Waals surface area contributed by atoms with Crippen molar-refractivity contribution in [2.24, 2.45) is 0 Å². The Hall–Kier alpha value is -7.30. The minimum atomic E-state index is 0.877. The maximum atomic E-state index is 6.35. The fourth-order valence-electron chi connectivity index (χ4n) is 8.07. The molecule has 2 heterocycles. The Balaban J connectivity index is 1.09. The third-order valence-corrected chi connectivity index (χ3v) is 10.6. The van der Waals surface area contributed by atoms with Gasteiger partial charge >= 0.3 is 0 Å². The number of benzene rings is 9. The minimum Gasteiger partial charge on any atom is -0.456 e. The van der Waals surface area contributed by atoms with E-state index in [9.17, 15) is 0 Å². The molecule has 0 N–H and O–H groups in total. The van der Waals surface area contributed by atoms with Gasteiger partial charge in [-0.15, -0.1) is 0 Å². The van der Waals surface area contributed by atoms with Crippen molar-refractivity contribution >= 4 is 99.5 Å². The molecule has 4 nitrogen and oxygen atoms in total. The molecule has 0 atom stereocenters. The molecule has 0 aliphatic carbocycles. The zero-order valence-corrected chi connectivity index (χ0v) is 29.2. The molecule has 0 amide bonds. The van der Waals surface area contributed by atoms with Crippen LogP contribution in [0.25, 0.3) is 65.4 Å². The van der Waals surface area contributed by atoms with Crippen LogP contribution in [0, 0.1) is 0 Å². The number of hydrogen-bond acceptors (Lipinski definition) is 4. The van der Waals surface area contributed by atoms with Gasteiger partial charge in [-0.2, -0.15) is 0 Å². The summed E-state index contributed by atoms with van der Waals surface area (Å²) in [5, 5.41) is 9.19. The molecule has 11 aromatic rings. The van der Waals surface area contributed by atoms with Gasteiger partial charge < -0.3 is 18.6 Å². The molecule has 9 aromatic carbocycles. The van der Waals surface area contributed by atoms with Gasteiger partial charge in [0.05, 0.1) is 0 Å². The molecule has 4 heteroatoms. The Morgan fingerprint density at radius 2 is 0.685 bits per heavy atom. The fourth-order valence-corrected chi connectivity index (χ4v) is 8.07. The predicted octanol–water partition coefficient (Wildman–Crippen LogP) is 14.7. The highest BCUT2D eigenvalue weighted by molar-refractivity contribution is 6.16. The summed E-state index contributed by atoms with van der Waals surface area (Å²) in [7, 11) is 0. The molecule has 254 valence electrons. The lowest BCUT2D eigenvalue weighted by Gasteiger charge is -2.29. The van der Waals surface area contributed by atoms with E-state index in [4.69, 9.17) is 8.83 Å². The average Bonchev–Trinajstić information content (AvgIpc) is 3.79. The van der Waals surface area contributed by atoms with Crippen molar-refractivity contribution in [2.75, 3.05) is 9.80 Å². The van der Waals surface area contributed by atoms with E-state index in [-0.39, 0.29) is 0 Å². The zero-order chi connectivity index (χ0) is 35.6. The summed E-state index contributed by atoms with van der Waals surface area (Å²) in [5.41, 5.74) is 9.94. The molecule has 0 bridgehead atoms. The second kappa shape index (κ2) is 12.1. The van der Waals surface area contributed by atoms with Gasteiger partial charge in [0.2, 0.25) is 0 Å². The van der Waals surface area contributed by atoms with Crippen molar-refractivity contribution in [3.8, 4) is 0 Å². The van der Waals surface area contributed by atoms with Crippen LogP contribution < -0.4 is 9.80 Å². The van der Waals surface area contributed by atoms with Gasteiger partial charge in [-0.05, 0) is 119 Å². The van der Waals surface area contributed by atoms with Crippen LogP contribution in [-0.4, -0.2) is 0 Å². The molecular weight excluding hydrogens is 661 g/mol. The first-order chi connectivity index (χ1) is 26.7. The summed E-state index contributed by atoms with van der Waals surface area (Å²) in [6, 6.07) is 68.6. The van der Waals surface area contributed by atoms with Crippen LogP contribution in [0.15, 0.2) is 203 Å². The number of anilines is 6. The lowest BCUT2D eigenvalue weighted by atomic mass is 9.99. The predicted molar refractivity (Wildman–Crippen MR) is 225 cm³/mol. The van der Waals surface area contributed by atoms with Gasteiger partial charge in [0, 0.05) is 55.7 Å². The Morgan fingerprint density at radius 1 is 0.241 bits per heavy atom. The maximum absolute atomic E-state index is 6.35. The van der Waals surface area contributed by atoms with Crippen LogP contribution in [0.1, 0.15) is 0 Å². The van der Waals surface area contributed by atoms with Gasteiger partial charge in [-0.3, -0.25) is 0 Å². The number of furan rings is 2. The highest BCUT2D eigenvalue weighted by atomic mass is 16.3. The van der Waals surface area contributed by atoms with Crippen LogP contribution in [0.4, 0.5) is 34.1 Å². The van der Waals surface area contributed by atoms with Crippen molar-refractivity contribution in [1.29, 1.82) is 0 Å². The van der Waals surface area contributed by atoms with Crippen molar-refractivity contribution in [3.63, 3.8) is 0 Å². The Bertz CT molecular complexity index is 3180. The number of nitrogens with zero attached hydrogens (tertiary/aromatic N) is 2. The third-order valence-electron chi connectivity index (χ3n) is 10.6. The van der Waals surface area contributed by atoms with Crippen molar-refractivity contribution in [3.05, 3.63) is 194 Å². The molecule has 0 saturated carbocycles. The molecule has 0 spiro atoms. The molecule has 0 saturated heterocycles. The summed E-state index contributed by atoms with van der Waals surface area (Å²) in [4.78, 5) is 4.66. The summed E-state index contributed by atoms with van der Waals surface area (Å²) in [5.74, 6) is 0. The van der Waals surface area contributed by atoms with Gasteiger partial charge in [0.25, 0.3) is 0 Å². The van der Waals surface area contributed by atoms with Crippen LogP contribution >= 0.6 is 0 Å². The van der Waals surface area contributed by atoms with Crippen molar-refractivity contribution in [1.82, 2.24) is 0 Å². The molecule has 0 aliphatic rings. The SMILES string of the molecule is c1ccc(N(c2cccc(N(c3ccccc3)c3ccc4oc5ccccc5c4c3)c2)c2ccc3ccc4cc5c(cc4c3c2)oc2ccccc25)cc1. The molecule has 11 rings (SSSR count). The molecule has 0 aliphatic heterocycles. The van der Waals surface area contributed by atoms with Crippen LogP contribution in [0.3, 0.4) is 0 Å². The second-order valence-electron chi connectivity index (χ2n) is 13.8. The molecular formula is C50H32N2O2. The van der Waals surface area contributed by atoms with Gasteiger partial charge in [-0.25, -0.2) is 0 Å². The van der Waals surface area contributed by atoms with Crippen LogP contribution in [0.2, 0.25) is 0 Å². The number of fused-ring (bicyclic) bond motifs is 9. The molecule has 54 heavy (non-hydrogen) atoms. The molecule has 0 fully saturated rings. The summed E-state index contributed by atoms with van der Waals surface area (Å²) >= 11 is 0. The highest BCUT2D eigenvalue weighted by Gasteiger charge is 2.19. The van der Waals surface area contributed by atoms with E-state index in [1.54, 1.807) is 0 Å². The van der Waals surface area contributed by atoms with Crippen molar-refractivity contribution in [2.45, 2.75) is 0 Å². The molecule has 2 aromatic heterocycles. The van der Waals surface area contributed by atoms with Crippen LogP contribution in [0.5, 0.6) is 0 Å². The number of para-hydroxylation sites is 4. The van der Waals surface area contributed by atoms with E-state index in [1.807, 2.05) is 24.3 Å². The van der Waals surface area contributed by atoms with Gasteiger partial charge in [0.1, 0.15) is 22.3 Å². The van der Waals surface area contributed by atoms with E-state index >= 15 is 0 Å². The van der Waals surface area contributed by atoms with E-state index in [2.05, 4.69) is 180 Å². The maximum Gasteiger partial charge on any atom is 0.136 e. The molecule has 0 unspecified atom stereocenters. The van der Waals surface area contributed by atoms with E-state index < -0.39 is 0 Å². The standard InChI is InChI=1S/C50H32N2O2/c1-3-12-35(13-4-1)51(39-25-24-33-22-23-34-28-45-41-18-7-10-21-48(41)54-50(45)32-44(34)43(33)30-39)37-16-11-17-38(29-37)52(36-14-5-2-6-15-36)40-26-27-49-46(31-40)42-19-8-9-20-47(42)53-49/h1-32H. The number of hydrogen-bond donors (Lipinski definition) is 0. The van der Waals surface area contributed by atoms with E-state index in [0.29, 0.717) is 0 Å². The Morgan fingerprint density at radius 3 is 1.35 bits per heavy atom. The first kappa shape index (κ1) is 30.3. The minimum absolute atomic E-state index is 0.877.